The lowest BCUT2D eigenvalue weighted by molar-refractivity contribution is -0.139. The van der Waals surface area contributed by atoms with Crippen LogP contribution in [-0.2, 0) is 4.79 Å². The van der Waals surface area contributed by atoms with Gasteiger partial charge in [0.15, 0.2) is 0 Å². The first-order valence-electron chi connectivity index (χ1n) is 5.15. The molecule has 1 heterocycles. The van der Waals surface area contributed by atoms with E-state index >= 15 is 0 Å². The molecule has 0 saturated carbocycles. The van der Waals surface area contributed by atoms with Crippen molar-refractivity contribution in [3.63, 3.8) is 0 Å². The summed E-state index contributed by atoms with van der Waals surface area (Å²) >= 11 is 5.69. The fourth-order valence-electron chi connectivity index (χ4n) is 1.30. The van der Waals surface area contributed by atoms with Crippen LogP contribution in [-0.4, -0.2) is 22.1 Å². The summed E-state index contributed by atoms with van der Waals surface area (Å²) < 4.78 is 0. The Kier molecular flexibility index (Phi) is 4.55. The molecule has 0 unspecified atom stereocenters. The summed E-state index contributed by atoms with van der Waals surface area (Å²) in [6.07, 6.45) is 2.27. The van der Waals surface area contributed by atoms with Gasteiger partial charge in [0.05, 0.1) is 5.02 Å². The summed E-state index contributed by atoms with van der Waals surface area (Å²) in [4.78, 5) is 15.1. The molecule has 1 aromatic rings. The van der Waals surface area contributed by atoms with Crippen molar-refractivity contribution in [3.8, 4) is 0 Å². The van der Waals surface area contributed by atoms with Gasteiger partial charge in [-0.15, -0.1) is 0 Å². The van der Waals surface area contributed by atoms with Crippen molar-refractivity contribution in [1.82, 2.24) is 4.98 Å². The van der Waals surface area contributed by atoms with Crippen molar-refractivity contribution >= 4 is 23.4 Å². The molecule has 0 radical (unpaired) electrons. The zero-order chi connectivity index (χ0) is 12.1. The average molecular weight is 243 g/mol. The van der Waals surface area contributed by atoms with E-state index in [0.717, 1.165) is 6.42 Å². The Labute approximate surface area is 99.6 Å². The fourth-order valence-corrected chi connectivity index (χ4v) is 1.42. The van der Waals surface area contributed by atoms with E-state index in [-0.39, 0.29) is 5.92 Å². The van der Waals surface area contributed by atoms with Gasteiger partial charge in [0.25, 0.3) is 0 Å². The van der Waals surface area contributed by atoms with Crippen molar-refractivity contribution in [2.75, 3.05) is 5.32 Å². The van der Waals surface area contributed by atoms with Crippen molar-refractivity contribution < 1.29 is 9.90 Å². The maximum atomic E-state index is 11.1. The third-order valence-corrected chi connectivity index (χ3v) is 2.73. The molecular formula is C11H15ClN2O2. The maximum absolute atomic E-state index is 11.1. The number of halogens is 1. The van der Waals surface area contributed by atoms with E-state index in [2.05, 4.69) is 10.3 Å². The van der Waals surface area contributed by atoms with Gasteiger partial charge in [-0.05, 0) is 18.1 Å². The monoisotopic (exact) mass is 242 g/mol. The number of hydrogen-bond donors (Lipinski definition) is 2. The number of carboxylic acids is 1. The number of anilines is 1. The van der Waals surface area contributed by atoms with E-state index in [1.807, 2.05) is 13.8 Å². The Morgan fingerprint density at radius 2 is 2.31 bits per heavy atom. The summed E-state index contributed by atoms with van der Waals surface area (Å²) in [7, 11) is 0. The highest BCUT2D eigenvalue weighted by Crippen LogP contribution is 2.15. The summed E-state index contributed by atoms with van der Waals surface area (Å²) in [5.41, 5.74) is 0. The second-order valence-electron chi connectivity index (χ2n) is 3.71. The van der Waals surface area contributed by atoms with Gasteiger partial charge >= 0.3 is 5.97 Å². The molecule has 5 heteroatoms. The number of pyridine rings is 1. The number of hydrogen-bond acceptors (Lipinski definition) is 3. The van der Waals surface area contributed by atoms with Crippen LogP contribution in [0.1, 0.15) is 20.3 Å². The number of carboxylic acid groups (broad SMARTS) is 1. The molecule has 0 saturated heterocycles. The van der Waals surface area contributed by atoms with Gasteiger partial charge in [-0.3, -0.25) is 0 Å². The van der Waals surface area contributed by atoms with Crippen LogP contribution < -0.4 is 5.32 Å². The molecule has 0 aromatic carbocycles. The molecule has 0 aliphatic heterocycles. The number of nitrogens with one attached hydrogen (secondary N) is 1. The lowest BCUT2D eigenvalue weighted by Gasteiger charge is -2.20. The molecular weight excluding hydrogens is 228 g/mol. The smallest absolute Gasteiger partial charge is 0.326 e. The topological polar surface area (TPSA) is 62.2 Å². The van der Waals surface area contributed by atoms with Gasteiger partial charge < -0.3 is 10.4 Å². The maximum Gasteiger partial charge on any atom is 0.326 e. The molecule has 1 rings (SSSR count). The summed E-state index contributed by atoms with van der Waals surface area (Å²) in [5.74, 6) is -0.307. The van der Waals surface area contributed by atoms with Gasteiger partial charge in [0.2, 0.25) is 0 Å². The molecule has 88 valence electrons. The fraction of sp³-hybridized carbons (Fsp3) is 0.455. The molecule has 1 aromatic heterocycles. The quantitative estimate of drug-likeness (QED) is 0.833. The van der Waals surface area contributed by atoms with E-state index in [0.29, 0.717) is 10.8 Å². The van der Waals surface area contributed by atoms with E-state index in [1.54, 1.807) is 12.1 Å². The van der Waals surface area contributed by atoms with Gasteiger partial charge in [0.1, 0.15) is 11.9 Å². The molecule has 16 heavy (non-hydrogen) atoms. The molecule has 0 fully saturated rings. The molecule has 2 atom stereocenters. The van der Waals surface area contributed by atoms with E-state index in [9.17, 15) is 4.79 Å². The minimum atomic E-state index is -0.869. The lowest BCUT2D eigenvalue weighted by atomic mass is 9.99. The summed E-state index contributed by atoms with van der Waals surface area (Å²) in [5, 5.41) is 12.5. The van der Waals surface area contributed by atoms with Crippen molar-refractivity contribution in [1.29, 1.82) is 0 Å². The van der Waals surface area contributed by atoms with E-state index in [1.165, 1.54) is 6.20 Å². The van der Waals surface area contributed by atoms with Crippen LogP contribution in [0.3, 0.4) is 0 Å². The Morgan fingerprint density at radius 3 is 2.75 bits per heavy atom. The third kappa shape index (κ3) is 3.38. The SMILES string of the molecule is CC[C@H](C)[C@H](Nc1ccc(Cl)cn1)C(=O)O. The number of carbonyl (C=O) groups is 1. The molecule has 0 amide bonds. The molecule has 0 aliphatic carbocycles. The molecule has 0 aliphatic rings. The first-order chi connectivity index (χ1) is 7.54. The van der Waals surface area contributed by atoms with Gasteiger partial charge in [-0.25, -0.2) is 9.78 Å². The highest BCUT2D eigenvalue weighted by Gasteiger charge is 2.23. The van der Waals surface area contributed by atoms with Gasteiger partial charge in [-0.2, -0.15) is 0 Å². The Bertz CT molecular complexity index is 354. The largest absolute Gasteiger partial charge is 0.480 e. The van der Waals surface area contributed by atoms with Crippen LogP contribution in [0.25, 0.3) is 0 Å². The third-order valence-electron chi connectivity index (χ3n) is 2.51. The van der Waals surface area contributed by atoms with Gasteiger partial charge in [0, 0.05) is 6.20 Å². The van der Waals surface area contributed by atoms with Crippen LogP contribution in [0, 0.1) is 5.92 Å². The highest BCUT2D eigenvalue weighted by atomic mass is 35.5. The van der Waals surface area contributed by atoms with E-state index < -0.39 is 12.0 Å². The summed E-state index contributed by atoms with van der Waals surface area (Å²) in [6, 6.07) is 2.71. The lowest BCUT2D eigenvalue weighted by Crippen LogP contribution is -2.35. The highest BCUT2D eigenvalue weighted by molar-refractivity contribution is 6.30. The van der Waals surface area contributed by atoms with Crippen LogP contribution in [0.5, 0.6) is 0 Å². The summed E-state index contributed by atoms with van der Waals surface area (Å²) in [6.45, 7) is 3.85. The number of aliphatic carboxylic acids is 1. The van der Waals surface area contributed by atoms with Crippen molar-refractivity contribution in [2.24, 2.45) is 5.92 Å². The zero-order valence-corrected chi connectivity index (χ0v) is 10.0. The zero-order valence-electron chi connectivity index (χ0n) is 9.27. The van der Waals surface area contributed by atoms with Crippen LogP contribution >= 0.6 is 11.6 Å². The normalized spacial score (nSPS) is 14.2. The van der Waals surface area contributed by atoms with Crippen LogP contribution in [0.15, 0.2) is 18.3 Å². The molecule has 2 N–H and O–H groups in total. The standard InChI is InChI=1S/C11H15ClN2O2/c1-3-7(2)10(11(15)16)14-9-5-4-8(12)6-13-9/h4-7,10H,3H2,1-2H3,(H,13,14)(H,15,16)/t7-,10-/m0/s1. The minimum absolute atomic E-state index is 0.0370. The molecule has 0 bridgehead atoms. The Morgan fingerprint density at radius 1 is 1.62 bits per heavy atom. The Hall–Kier alpha value is -1.29. The number of rotatable bonds is 5. The second kappa shape index (κ2) is 5.70. The predicted molar refractivity (Wildman–Crippen MR) is 63.7 cm³/mol. The van der Waals surface area contributed by atoms with Crippen molar-refractivity contribution in [2.45, 2.75) is 26.3 Å². The van der Waals surface area contributed by atoms with Crippen LogP contribution in [0.2, 0.25) is 5.02 Å². The minimum Gasteiger partial charge on any atom is -0.480 e. The van der Waals surface area contributed by atoms with Gasteiger partial charge in [-0.1, -0.05) is 31.9 Å². The first-order valence-corrected chi connectivity index (χ1v) is 5.53. The second-order valence-corrected chi connectivity index (χ2v) is 4.14. The Balaban J connectivity index is 2.75. The molecule has 0 spiro atoms. The van der Waals surface area contributed by atoms with Crippen molar-refractivity contribution in [3.05, 3.63) is 23.4 Å². The predicted octanol–water partition coefficient (Wildman–Crippen LogP) is 2.65. The molecule has 4 nitrogen and oxygen atoms in total. The number of nitrogens with zero attached hydrogens (tertiary/aromatic N) is 1. The average Bonchev–Trinajstić information content (AvgIpc) is 2.27. The first kappa shape index (κ1) is 12.8. The number of aromatic nitrogens is 1. The van der Waals surface area contributed by atoms with E-state index in [4.69, 9.17) is 16.7 Å². The van der Waals surface area contributed by atoms with Crippen LogP contribution in [0.4, 0.5) is 5.82 Å².